The lowest BCUT2D eigenvalue weighted by Gasteiger charge is -2.16. The molecule has 2 rings (SSSR count). The standard InChI is InChI=1S/C14H15F2N3/c1-7-4-5-10(13(16)12(7)15)14(17)11-6-8(2)18-19-9(11)3/h4-6,14H,17H2,1-3H3. The van der Waals surface area contributed by atoms with Crippen molar-refractivity contribution in [3.8, 4) is 0 Å². The largest absolute Gasteiger partial charge is 0.320 e. The molecule has 2 aromatic rings. The number of aromatic nitrogens is 2. The normalized spacial score (nSPS) is 12.5. The average Bonchev–Trinajstić information content (AvgIpc) is 2.38. The highest BCUT2D eigenvalue weighted by atomic mass is 19.2. The first-order chi connectivity index (χ1) is 8.91. The van der Waals surface area contributed by atoms with Crippen LogP contribution in [-0.4, -0.2) is 10.2 Å². The summed E-state index contributed by atoms with van der Waals surface area (Å²) in [6.45, 7) is 5.02. The molecule has 3 nitrogen and oxygen atoms in total. The smallest absolute Gasteiger partial charge is 0.164 e. The van der Waals surface area contributed by atoms with Gasteiger partial charge in [0.05, 0.1) is 17.4 Å². The molecule has 0 aliphatic carbocycles. The molecule has 19 heavy (non-hydrogen) atoms. The van der Waals surface area contributed by atoms with Crippen LogP contribution in [0.1, 0.15) is 34.1 Å². The number of nitrogens with zero attached hydrogens (tertiary/aromatic N) is 2. The lowest BCUT2D eigenvalue weighted by atomic mass is 9.97. The van der Waals surface area contributed by atoms with Crippen molar-refractivity contribution < 1.29 is 8.78 Å². The van der Waals surface area contributed by atoms with Crippen LogP contribution in [0.2, 0.25) is 0 Å². The summed E-state index contributed by atoms with van der Waals surface area (Å²) in [5, 5.41) is 7.84. The predicted octanol–water partition coefficient (Wildman–Crippen LogP) is 2.73. The Morgan fingerprint density at radius 3 is 2.37 bits per heavy atom. The topological polar surface area (TPSA) is 51.8 Å². The van der Waals surface area contributed by atoms with E-state index in [4.69, 9.17) is 5.73 Å². The average molecular weight is 263 g/mol. The second-order valence-electron chi connectivity index (χ2n) is 4.60. The Kier molecular flexibility index (Phi) is 3.57. The summed E-state index contributed by atoms with van der Waals surface area (Å²) in [4.78, 5) is 0. The van der Waals surface area contributed by atoms with Crippen LogP contribution >= 0.6 is 0 Å². The van der Waals surface area contributed by atoms with Crippen LogP contribution in [0.25, 0.3) is 0 Å². The van der Waals surface area contributed by atoms with Gasteiger partial charge in [0.25, 0.3) is 0 Å². The van der Waals surface area contributed by atoms with E-state index in [1.54, 1.807) is 19.9 Å². The van der Waals surface area contributed by atoms with Crippen molar-refractivity contribution >= 4 is 0 Å². The Balaban J connectivity index is 2.53. The number of rotatable bonds is 2. The fourth-order valence-electron chi connectivity index (χ4n) is 1.95. The minimum Gasteiger partial charge on any atom is -0.320 e. The highest BCUT2D eigenvalue weighted by Gasteiger charge is 2.20. The third-order valence-electron chi connectivity index (χ3n) is 3.12. The first kappa shape index (κ1) is 13.5. The molecule has 1 unspecified atom stereocenters. The van der Waals surface area contributed by atoms with Crippen LogP contribution in [0, 0.1) is 32.4 Å². The number of benzene rings is 1. The molecule has 100 valence electrons. The molecule has 1 aromatic heterocycles. The molecule has 0 saturated carbocycles. The maximum atomic E-state index is 13.9. The number of nitrogens with two attached hydrogens (primary N) is 1. The van der Waals surface area contributed by atoms with Crippen LogP contribution in [0.15, 0.2) is 18.2 Å². The zero-order valence-electron chi connectivity index (χ0n) is 11.0. The van der Waals surface area contributed by atoms with Gasteiger partial charge in [0, 0.05) is 5.56 Å². The first-order valence-electron chi connectivity index (χ1n) is 5.92. The lowest BCUT2D eigenvalue weighted by molar-refractivity contribution is 0.489. The number of aryl methyl sites for hydroxylation is 3. The van der Waals surface area contributed by atoms with Gasteiger partial charge in [-0.25, -0.2) is 8.78 Å². The van der Waals surface area contributed by atoms with E-state index < -0.39 is 17.7 Å². The van der Waals surface area contributed by atoms with Crippen LogP contribution < -0.4 is 5.73 Å². The predicted molar refractivity (Wildman–Crippen MR) is 68.6 cm³/mol. The Morgan fingerprint density at radius 2 is 1.68 bits per heavy atom. The van der Waals surface area contributed by atoms with Gasteiger partial charge in [0.1, 0.15) is 0 Å². The summed E-state index contributed by atoms with van der Waals surface area (Å²) in [6, 6.07) is 4.01. The zero-order valence-corrected chi connectivity index (χ0v) is 11.0. The Morgan fingerprint density at radius 1 is 1.00 bits per heavy atom. The Bertz CT molecular complexity index is 626. The second kappa shape index (κ2) is 5.01. The fraction of sp³-hybridized carbons (Fsp3) is 0.286. The van der Waals surface area contributed by atoms with Crippen molar-refractivity contribution in [2.24, 2.45) is 5.73 Å². The highest BCUT2D eigenvalue weighted by Crippen LogP contribution is 2.26. The molecule has 0 fully saturated rings. The van der Waals surface area contributed by atoms with Crippen molar-refractivity contribution in [1.29, 1.82) is 0 Å². The number of halogens is 2. The molecule has 1 atom stereocenters. The first-order valence-corrected chi connectivity index (χ1v) is 5.92. The molecule has 0 saturated heterocycles. The van der Waals surface area contributed by atoms with E-state index in [9.17, 15) is 8.78 Å². The van der Waals surface area contributed by atoms with Gasteiger partial charge in [-0.1, -0.05) is 12.1 Å². The van der Waals surface area contributed by atoms with Crippen LogP contribution in [0.4, 0.5) is 8.78 Å². The molecular weight excluding hydrogens is 248 g/mol. The third-order valence-corrected chi connectivity index (χ3v) is 3.12. The fourth-order valence-corrected chi connectivity index (χ4v) is 1.95. The molecule has 0 aliphatic heterocycles. The molecule has 1 aromatic carbocycles. The minimum atomic E-state index is -0.902. The van der Waals surface area contributed by atoms with E-state index in [1.807, 2.05) is 0 Å². The van der Waals surface area contributed by atoms with Crippen molar-refractivity contribution in [2.45, 2.75) is 26.8 Å². The van der Waals surface area contributed by atoms with E-state index in [0.717, 1.165) is 0 Å². The summed E-state index contributed by atoms with van der Waals surface area (Å²) >= 11 is 0. The van der Waals surface area contributed by atoms with Gasteiger partial charge in [0.15, 0.2) is 11.6 Å². The molecule has 0 amide bonds. The summed E-state index contributed by atoms with van der Waals surface area (Å²) in [5.41, 5.74) is 8.36. The molecule has 2 N–H and O–H groups in total. The molecule has 0 spiro atoms. The van der Waals surface area contributed by atoms with Crippen LogP contribution in [-0.2, 0) is 0 Å². The van der Waals surface area contributed by atoms with Crippen LogP contribution in [0.5, 0.6) is 0 Å². The maximum absolute atomic E-state index is 13.9. The van der Waals surface area contributed by atoms with Crippen molar-refractivity contribution in [2.75, 3.05) is 0 Å². The van der Waals surface area contributed by atoms with E-state index in [2.05, 4.69) is 10.2 Å². The van der Waals surface area contributed by atoms with Crippen molar-refractivity contribution in [1.82, 2.24) is 10.2 Å². The van der Waals surface area contributed by atoms with Crippen molar-refractivity contribution in [3.05, 3.63) is 57.9 Å². The second-order valence-corrected chi connectivity index (χ2v) is 4.60. The Labute approximate surface area is 110 Å². The molecule has 0 aliphatic rings. The maximum Gasteiger partial charge on any atom is 0.164 e. The highest BCUT2D eigenvalue weighted by molar-refractivity contribution is 5.36. The quantitative estimate of drug-likeness (QED) is 0.906. The van der Waals surface area contributed by atoms with E-state index >= 15 is 0 Å². The zero-order chi connectivity index (χ0) is 14.2. The van der Waals surface area contributed by atoms with Gasteiger partial charge >= 0.3 is 0 Å². The molecule has 5 heteroatoms. The van der Waals surface area contributed by atoms with Gasteiger partial charge in [-0.15, -0.1) is 0 Å². The van der Waals surface area contributed by atoms with Gasteiger partial charge in [-0.2, -0.15) is 10.2 Å². The van der Waals surface area contributed by atoms with E-state index in [0.29, 0.717) is 17.0 Å². The van der Waals surface area contributed by atoms with Crippen LogP contribution in [0.3, 0.4) is 0 Å². The number of hydrogen-bond donors (Lipinski definition) is 1. The summed E-state index contributed by atoms with van der Waals surface area (Å²) in [7, 11) is 0. The number of hydrogen-bond acceptors (Lipinski definition) is 3. The summed E-state index contributed by atoms with van der Waals surface area (Å²) in [5.74, 6) is -1.76. The van der Waals surface area contributed by atoms with Gasteiger partial charge in [-0.05, 0) is 38.0 Å². The van der Waals surface area contributed by atoms with E-state index in [1.165, 1.54) is 19.1 Å². The third kappa shape index (κ3) is 2.46. The lowest BCUT2D eigenvalue weighted by Crippen LogP contribution is -2.17. The van der Waals surface area contributed by atoms with Gasteiger partial charge in [-0.3, -0.25) is 0 Å². The van der Waals surface area contributed by atoms with E-state index in [-0.39, 0.29) is 11.1 Å². The monoisotopic (exact) mass is 263 g/mol. The summed E-state index contributed by atoms with van der Waals surface area (Å²) in [6.07, 6.45) is 0. The minimum absolute atomic E-state index is 0.124. The SMILES string of the molecule is Cc1cc(C(N)c2ccc(C)c(F)c2F)c(C)nn1. The molecule has 1 heterocycles. The summed E-state index contributed by atoms with van der Waals surface area (Å²) < 4.78 is 27.5. The molecular formula is C14H15F2N3. The Hall–Kier alpha value is -1.88. The van der Waals surface area contributed by atoms with Crippen molar-refractivity contribution in [3.63, 3.8) is 0 Å². The van der Waals surface area contributed by atoms with Gasteiger partial charge in [0.2, 0.25) is 0 Å². The molecule has 0 bridgehead atoms. The van der Waals surface area contributed by atoms with Gasteiger partial charge < -0.3 is 5.73 Å². The molecule has 0 radical (unpaired) electrons.